The summed E-state index contributed by atoms with van der Waals surface area (Å²) in [4.78, 5) is 24.5. The highest BCUT2D eigenvalue weighted by Gasteiger charge is 2.62. The highest BCUT2D eigenvalue weighted by molar-refractivity contribution is 5.91. The fourth-order valence-corrected chi connectivity index (χ4v) is 7.21. The second-order valence-electron chi connectivity index (χ2n) is 9.40. The average molecular weight is 330 g/mol. The van der Waals surface area contributed by atoms with Gasteiger partial charge in [-0.15, -0.1) is 0 Å². The number of carbonyl (C=O) groups is 2. The Balaban J connectivity index is 1.69. The molecule has 4 rings (SSSR count). The van der Waals surface area contributed by atoms with Crippen LogP contribution in [-0.4, -0.2) is 22.8 Å². The molecule has 4 aliphatic carbocycles. The van der Waals surface area contributed by atoms with Crippen LogP contribution in [0.25, 0.3) is 0 Å². The fourth-order valence-electron chi connectivity index (χ4n) is 7.21. The number of ketones is 2. The van der Waals surface area contributed by atoms with E-state index in [1.807, 2.05) is 6.08 Å². The van der Waals surface area contributed by atoms with Gasteiger partial charge in [0.05, 0.1) is 6.10 Å². The molecule has 0 radical (unpaired) electrons. The van der Waals surface area contributed by atoms with Crippen LogP contribution in [-0.2, 0) is 9.59 Å². The SMILES string of the molecule is C[C@H](O)[C@H]1C(=O)C[C@H]2[C@@H]3CCC4=CC(=O)CC[C@]4(C)[C@H]3CC[C@]12C. The van der Waals surface area contributed by atoms with Crippen LogP contribution in [0.3, 0.4) is 0 Å². The molecular formula is C21H30O3. The van der Waals surface area contributed by atoms with Crippen LogP contribution in [0.15, 0.2) is 11.6 Å². The molecule has 3 saturated carbocycles. The van der Waals surface area contributed by atoms with E-state index in [1.165, 1.54) is 5.57 Å². The van der Waals surface area contributed by atoms with Gasteiger partial charge in [0.15, 0.2) is 5.78 Å². The van der Waals surface area contributed by atoms with E-state index in [0.29, 0.717) is 36.4 Å². The minimum atomic E-state index is -0.536. The van der Waals surface area contributed by atoms with Crippen LogP contribution < -0.4 is 0 Å². The number of allylic oxidation sites excluding steroid dienone is 1. The third-order valence-electron chi connectivity index (χ3n) is 8.36. The maximum atomic E-state index is 12.7. The standard InChI is InChI=1S/C21H30O3/c1-12(22)19-18(24)11-17-15-5-4-13-10-14(23)6-8-20(13,2)16(15)7-9-21(17,19)3/h10,12,15-17,19,22H,4-9,11H2,1-3H3/t12-,15+,16-,17-,19-,20-,21-/m0/s1. The van der Waals surface area contributed by atoms with Crippen LogP contribution in [0.1, 0.15) is 65.7 Å². The Bertz CT molecular complexity index is 619. The lowest BCUT2D eigenvalue weighted by atomic mass is 9.46. The van der Waals surface area contributed by atoms with E-state index < -0.39 is 6.10 Å². The van der Waals surface area contributed by atoms with Crippen molar-refractivity contribution < 1.29 is 14.7 Å². The van der Waals surface area contributed by atoms with Gasteiger partial charge < -0.3 is 5.11 Å². The number of aliphatic hydroxyl groups is 1. The van der Waals surface area contributed by atoms with Crippen molar-refractivity contribution in [2.75, 3.05) is 0 Å². The topological polar surface area (TPSA) is 54.4 Å². The van der Waals surface area contributed by atoms with Crippen LogP contribution in [0.4, 0.5) is 0 Å². The Hall–Kier alpha value is -0.960. The molecule has 3 fully saturated rings. The van der Waals surface area contributed by atoms with Crippen molar-refractivity contribution in [2.45, 2.75) is 71.8 Å². The van der Waals surface area contributed by atoms with Gasteiger partial charge in [-0.2, -0.15) is 0 Å². The van der Waals surface area contributed by atoms with E-state index >= 15 is 0 Å². The van der Waals surface area contributed by atoms with E-state index in [1.54, 1.807) is 6.92 Å². The fraction of sp³-hybridized carbons (Fsp3) is 0.810. The highest BCUT2D eigenvalue weighted by atomic mass is 16.3. The van der Waals surface area contributed by atoms with Crippen LogP contribution in [0, 0.1) is 34.5 Å². The second-order valence-corrected chi connectivity index (χ2v) is 9.40. The van der Waals surface area contributed by atoms with Crippen molar-refractivity contribution in [2.24, 2.45) is 34.5 Å². The third kappa shape index (κ3) is 2.06. The molecule has 0 aliphatic heterocycles. The quantitative estimate of drug-likeness (QED) is 0.797. The van der Waals surface area contributed by atoms with E-state index in [-0.39, 0.29) is 22.5 Å². The molecular weight excluding hydrogens is 300 g/mol. The molecule has 132 valence electrons. The summed E-state index contributed by atoms with van der Waals surface area (Å²) in [6.07, 6.45) is 8.02. The molecule has 4 aliphatic rings. The molecule has 0 bridgehead atoms. The molecule has 0 spiro atoms. The number of hydrogen-bond acceptors (Lipinski definition) is 3. The van der Waals surface area contributed by atoms with Crippen molar-refractivity contribution in [3.05, 3.63) is 11.6 Å². The van der Waals surface area contributed by atoms with Gasteiger partial charge in [0.2, 0.25) is 0 Å². The number of rotatable bonds is 1. The average Bonchev–Trinajstić information content (AvgIpc) is 2.78. The minimum Gasteiger partial charge on any atom is -0.393 e. The molecule has 0 saturated heterocycles. The van der Waals surface area contributed by atoms with E-state index in [0.717, 1.165) is 32.1 Å². The van der Waals surface area contributed by atoms with Crippen molar-refractivity contribution in [3.8, 4) is 0 Å². The van der Waals surface area contributed by atoms with E-state index in [2.05, 4.69) is 13.8 Å². The maximum Gasteiger partial charge on any atom is 0.155 e. The molecule has 0 heterocycles. The van der Waals surface area contributed by atoms with Gasteiger partial charge >= 0.3 is 0 Å². The number of fused-ring (bicyclic) bond motifs is 5. The zero-order valence-electron chi connectivity index (χ0n) is 15.2. The Kier molecular flexibility index (Phi) is 3.62. The summed E-state index contributed by atoms with van der Waals surface area (Å²) in [5, 5.41) is 10.2. The van der Waals surface area contributed by atoms with Gasteiger partial charge in [0.1, 0.15) is 5.78 Å². The molecule has 24 heavy (non-hydrogen) atoms. The smallest absolute Gasteiger partial charge is 0.155 e. The van der Waals surface area contributed by atoms with Gasteiger partial charge in [-0.05, 0) is 73.7 Å². The summed E-state index contributed by atoms with van der Waals surface area (Å²) in [5.74, 6) is 1.99. The van der Waals surface area contributed by atoms with Crippen LogP contribution >= 0.6 is 0 Å². The van der Waals surface area contributed by atoms with Gasteiger partial charge in [-0.25, -0.2) is 0 Å². The molecule has 0 unspecified atom stereocenters. The van der Waals surface area contributed by atoms with Gasteiger partial charge in [0, 0.05) is 18.8 Å². The summed E-state index contributed by atoms with van der Waals surface area (Å²) < 4.78 is 0. The Morgan fingerprint density at radius 2 is 1.88 bits per heavy atom. The zero-order valence-corrected chi connectivity index (χ0v) is 15.2. The lowest BCUT2D eigenvalue weighted by Gasteiger charge is -2.58. The molecule has 1 N–H and O–H groups in total. The van der Waals surface area contributed by atoms with Crippen LogP contribution in [0.2, 0.25) is 0 Å². The monoisotopic (exact) mass is 330 g/mol. The lowest BCUT2D eigenvalue weighted by Crippen LogP contribution is -2.51. The Labute approximate surface area is 144 Å². The van der Waals surface area contributed by atoms with Gasteiger partial charge in [-0.3, -0.25) is 9.59 Å². The maximum absolute atomic E-state index is 12.7. The first-order valence-electron chi connectivity index (χ1n) is 9.72. The Morgan fingerprint density at radius 1 is 1.12 bits per heavy atom. The Morgan fingerprint density at radius 3 is 2.58 bits per heavy atom. The predicted octanol–water partition coefficient (Wildman–Crippen LogP) is 3.69. The van der Waals surface area contributed by atoms with Gasteiger partial charge in [0.25, 0.3) is 0 Å². The van der Waals surface area contributed by atoms with Gasteiger partial charge in [-0.1, -0.05) is 19.4 Å². The first-order chi connectivity index (χ1) is 11.3. The second kappa shape index (κ2) is 5.27. The minimum absolute atomic E-state index is 0.0333. The molecule has 0 amide bonds. The van der Waals surface area contributed by atoms with Crippen molar-refractivity contribution in [3.63, 3.8) is 0 Å². The van der Waals surface area contributed by atoms with E-state index in [9.17, 15) is 14.7 Å². The number of aliphatic hydroxyl groups excluding tert-OH is 1. The highest BCUT2D eigenvalue weighted by Crippen LogP contribution is 2.66. The van der Waals surface area contributed by atoms with Crippen LogP contribution in [0.5, 0.6) is 0 Å². The largest absolute Gasteiger partial charge is 0.393 e. The summed E-state index contributed by atoms with van der Waals surface area (Å²) in [6, 6.07) is 0. The number of carbonyl (C=O) groups excluding carboxylic acids is 2. The summed E-state index contributed by atoms with van der Waals surface area (Å²) in [6.45, 7) is 6.42. The van der Waals surface area contributed by atoms with Crippen molar-refractivity contribution >= 4 is 11.6 Å². The molecule has 0 aromatic heterocycles. The van der Waals surface area contributed by atoms with Crippen molar-refractivity contribution in [1.29, 1.82) is 0 Å². The summed E-state index contributed by atoms with van der Waals surface area (Å²) in [7, 11) is 0. The molecule has 7 atom stereocenters. The summed E-state index contributed by atoms with van der Waals surface area (Å²) in [5.41, 5.74) is 1.50. The van der Waals surface area contributed by atoms with Crippen molar-refractivity contribution in [1.82, 2.24) is 0 Å². The normalized spacial score (nSPS) is 49.1. The molecule has 0 aromatic carbocycles. The summed E-state index contributed by atoms with van der Waals surface area (Å²) >= 11 is 0. The predicted molar refractivity (Wildman–Crippen MR) is 92.3 cm³/mol. The van der Waals surface area contributed by atoms with E-state index in [4.69, 9.17) is 0 Å². The number of hydrogen-bond donors (Lipinski definition) is 1. The molecule has 3 nitrogen and oxygen atoms in total. The molecule has 3 heteroatoms. The first kappa shape index (κ1) is 16.5. The third-order valence-corrected chi connectivity index (χ3v) is 8.36. The molecule has 0 aromatic rings. The number of Topliss-reactive ketones (excluding diaryl/α,β-unsaturated/α-hetero) is 1. The lowest BCUT2D eigenvalue weighted by molar-refractivity contribution is -0.127. The zero-order chi connectivity index (χ0) is 17.3. The first-order valence-corrected chi connectivity index (χ1v) is 9.72.